The van der Waals surface area contributed by atoms with Crippen LogP contribution in [0.5, 0.6) is 0 Å². The van der Waals surface area contributed by atoms with E-state index in [1.54, 1.807) is 73.1 Å². The number of benzene rings is 2. The van der Waals surface area contributed by atoms with E-state index < -0.39 is 6.04 Å². The van der Waals surface area contributed by atoms with Crippen molar-refractivity contribution in [3.05, 3.63) is 100 Å². The second-order valence-corrected chi connectivity index (χ2v) is 7.29. The minimum Gasteiger partial charge on any atom is -0.269 e. The van der Waals surface area contributed by atoms with Gasteiger partial charge in [0.1, 0.15) is 5.82 Å². The van der Waals surface area contributed by atoms with Crippen LogP contribution in [0.15, 0.2) is 77.9 Å². The van der Waals surface area contributed by atoms with Crippen LogP contribution in [0.3, 0.4) is 0 Å². The third-order valence-corrected chi connectivity index (χ3v) is 5.53. The zero-order chi connectivity index (χ0) is 21.5. The molecule has 0 aliphatic carbocycles. The summed E-state index contributed by atoms with van der Waals surface area (Å²) >= 11 is 0. The smallest absolute Gasteiger partial charge is 0.266 e. The average molecular weight is 410 g/mol. The molecule has 0 N–H and O–H groups in total. The molecule has 0 fully saturated rings. The van der Waals surface area contributed by atoms with Gasteiger partial charge in [-0.3, -0.25) is 28.8 Å². The first-order valence-corrected chi connectivity index (χ1v) is 10.0. The zero-order valence-electron chi connectivity index (χ0n) is 16.7. The number of fused-ring (bicyclic) bond motifs is 2. The van der Waals surface area contributed by atoms with Crippen molar-refractivity contribution in [2.24, 2.45) is 0 Å². The fourth-order valence-corrected chi connectivity index (χ4v) is 4.08. The second kappa shape index (κ2) is 7.28. The molecule has 2 aromatic heterocycles. The molecule has 7 nitrogen and oxygen atoms in total. The van der Waals surface area contributed by atoms with Crippen LogP contribution >= 0.6 is 0 Å². The average Bonchev–Trinajstić information content (AvgIpc) is 3.06. The highest BCUT2D eigenvalue weighted by Gasteiger charge is 2.41. The molecule has 0 saturated heterocycles. The van der Waals surface area contributed by atoms with Gasteiger partial charge in [0.2, 0.25) is 0 Å². The lowest BCUT2D eigenvalue weighted by atomic mass is 10.1. The maximum absolute atomic E-state index is 13.5. The van der Waals surface area contributed by atoms with Crippen molar-refractivity contribution >= 4 is 22.7 Å². The minimum atomic E-state index is -0.718. The summed E-state index contributed by atoms with van der Waals surface area (Å²) in [4.78, 5) is 49.9. The molecule has 2 amide bonds. The van der Waals surface area contributed by atoms with Crippen LogP contribution in [0, 0.1) is 0 Å². The Morgan fingerprint density at radius 1 is 0.871 bits per heavy atom. The van der Waals surface area contributed by atoms with Gasteiger partial charge in [0.25, 0.3) is 17.4 Å². The number of carbonyl (C=O) groups excluding carboxylic acids is 2. The molecule has 1 aliphatic rings. The largest absolute Gasteiger partial charge is 0.269 e. The molecule has 0 radical (unpaired) electrons. The van der Waals surface area contributed by atoms with Gasteiger partial charge in [0.05, 0.1) is 40.0 Å². The van der Waals surface area contributed by atoms with Crippen LogP contribution in [0.25, 0.3) is 16.6 Å². The first-order valence-electron chi connectivity index (χ1n) is 10.0. The van der Waals surface area contributed by atoms with E-state index in [1.165, 1.54) is 9.47 Å². The second-order valence-electron chi connectivity index (χ2n) is 7.29. The Hall–Kier alpha value is -4.13. The molecule has 0 spiro atoms. The molecule has 3 heterocycles. The molecule has 0 bridgehead atoms. The Kier molecular flexibility index (Phi) is 4.43. The summed E-state index contributed by atoms with van der Waals surface area (Å²) in [6.45, 7) is 1.86. The molecule has 0 unspecified atom stereocenters. The molecule has 1 atom stereocenters. The molecule has 2 aromatic carbocycles. The standard InChI is InChI=1S/C24H18N4O3/c1-2-20(28-22(29)16-9-3-4-10-17(16)23(28)30)21-26-19-12-6-5-11-18(19)24(31)27(21)15-8-7-13-25-14-15/h3-14,20H,2H2,1H3/t20-/m1/s1. The van der Waals surface area contributed by atoms with Crippen molar-refractivity contribution in [1.82, 2.24) is 19.4 Å². The maximum atomic E-state index is 13.5. The lowest BCUT2D eigenvalue weighted by Gasteiger charge is -2.27. The Bertz CT molecular complexity index is 1360. The van der Waals surface area contributed by atoms with Crippen molar-refractivity contribution < 1.29 is 9.59 Å². The SMILES string of the molecule is CC[C@H](c1nc2ccccc2c(=O)n1-c1cccnc1)N1C(=O)c2ccccc2C1=O. The van der Waals surface area contributed by atoms with Gasteiger partial charge in [-0.2, -0.15) is 0 Å². The van der Waals surface area contributed by atoms with Gasteiger partial charge < -0.3 is 0 Å². The Morgan fingerprint density at radius 2 is 1.55 bits per heavy atom. The van der Waals surface area contributed by atoms with Crippen molar-refractivity contribution in [1.29, 1.82) is 0 Å². The van der Waals surface area contributed by atoms with Gasteiger partial charge in [-0.1, -0.05) is 31.2 Å². The van der Waals surface area contributed by atoms with E-state index in [4.69, 9.17) is 4.98 Å². The number of hydrogen-bond acceptors (Lipinski definition) is 5. The van der Waals surface area contributed by atoms with E-state index in [0.29, 0.717) is 40.0 Å². The molecule has 7 heteroatoms. The summed E-state index contributed by atoms with van der Waals surface area (Å²) < 4.78 is 1.45. The molecule has 152 valence electrons. The fraction of sp³-hybridized carbons (Fsp3) is 0.125. The highest BCUT2D eigenvalue weighted by Crippen LogP contribution is 2.33. The Morgan fingerprint density at radius 3 is 2.19 bits per heavy atom. The quantitative estimate of drug-likeness (QED) is 0.481. The van der Waals surface area contributed by atoms with Gasteiger partial charge in [-0.25, -0.2) is 4.98 Å². The normalized spacial score (nSPS) is 14.2. The molecule has 0 saturated carbocycles. The third-order valence-electron chi connectivity index (χ3n) is 5.53. The van der Waals surface area contributed by atoms with Gasteiger partial charge >= 0.3 is 0 Å². The number of amides is 2. The highest BCUT2D eigenvalue weighted by molar-refractivity contribution is 6.21. The number of imide groups is 1. The lowest BCUT2D eigenvalue weighted by molar-refractivity contribution is 0.0568. The van der Waals surface area contributed by atoms with E-state index in [9.17, 15) is 14.4 Å². The molecule has 1 aliphatic heterocycles. The van der Waals surface area contributed by atoms with Crippen molar-refractivity contribution in [3.8, 4) is 5.69 Å². The molecule has 5 rings (SSSR count). The number of carbonyl (C=O) groups is 2. The predicted molar refractivity (Wildman–Crippen MR) is 115 cm³/mol. The van der Waals surface area contributed by atoms with E-state index in [-0.39, 0.29) is 17.4 Å². The number of aromatic nitrogens is 3. The van der Waals surface area contributed by atoms with E-state index in [1.807, 2.05) is 6.92 Å². The topological polar surface area (TPSA) is 85.2 Å². The van der Waals surface area contributed by atoms with Gasteiger partial charge in [0.15, 0.2) is 0 Å². The van der Waals surface area contributed by atoms with Crippen LogP contribution in [0.1, 0.15) is 45.9 Å². The number of pyridine rings is 1. The summed E-state index contributed by atoms with van der Waals surface area (Å²) in [6, 6.07) is 16.6. The van der Waals surface area contributed by atoms with Gasteiger partial charge in [0, 0.05) is 6.20 Å². The predicted octanol–water partition coefficient (Wildman–Crippen LogP) is 3.53. The number of hydrogen-bond donors (Lipinski definition) is 0. The maximum Gasteiger partial charge on any atom is 0.266 e. The summed E-state index contributed by atoms with van der Waals surface area (Å²) in [5, 5.41) is 0.451. The first kappa shape index (κ1) is 18.9. The molecule has 31 heavy (non-hydrogen) atoms. The van der Waals surface area contributed by atoms with Crippen LogP contribution in [0.4, 0.5) is 0 Å². The van der Waals surface area contributed by atoms with Gasteiger partial charge in [-0.05, 0) is 42.8 Å². The van der Waals surface area contributed by atoms with E-state index in [2.05, 4.69) is 4.98 Å². The van der Waals surface area contributed by atoms with Crippen molar-refractivity contribution in [3.63, 3.8) is 0 Å². The van der Waals surface area contributed by atoms with Crippen molar-refractivity contribution in [2.75, 3.05) is 0 Å². The molecular weight excluding hydrogens is 392 g/mol. The van der Waals surface area contributed by atoms with E-state index >= 15 is 0 Å². The summed E-state index contributed by atoms with van der Waals surface area (Å²) in [6.07, 6.45) is 3.58. The fourth-order valence-electron chi connectivity index (χ4n) is 4.08. The Labute approximate surface area is 177 Å². The third kappa shape index (κ3) is 2.85. The first-order chi connectivity index (χ1) is 15.1. The van der Waals surface area contributed by atoms with Crippen LogP contribution in [-0.4, -0.2) is 31.2 Å². The van der Waals surface area contributed by atoms with Crippen LogP contribution < -0.4 is 5.56 Å². The lowest BCUT2D eigenvalue weighted by Crippen LogP contribution is -2.38. The molecular formula is C24H18N4O3. The summed E-state index contributed by atoms with van der Waals surface area (Å²) in [7, 11) is 0. The minimum absolute atomic E-state index is 0.274. The highest BCUT2D eigenvalue weighted by atomic mass is 16.2. The zero-order valence-corrected chi connectivity index (χ0v) is 16.7. The summed E-state index contributed by atoms with van der Waals surface area (Å²) in [5.41, 5.74) is 1.49. The number of nitrogens with zero attached hydrogens (tertiary/aromatic N) is 4. The molecule has 4 aromatic rings. The van der Waals surface area contributed by atoms with Crippen molar-refractivity contribution in [2.45, 2.75) is 19.4 Å². The number of rotatable bonds is 4. The Balaban J connectivity index is 1.77. The van der Waals surface area contributed by atoms with Crippen LogP contribution in [-0.2, 0) is 0 Å². The summed E-state index contributed by atoms with van der Waals surface area (Å²) in [5.74, 6) is -0.436. The number of para-hydroxylation sites is 1. The van der Waals surface area contributed by atoms with Gasteiger partial charge in [-0.15, -0.1) is 0 Å². The monoisotopic (exact) mass is 410 g/mol. The van der Waals surface area contributed by atoms with E-state index in [0.717, 1.165) is 0 Å². The van der Waals surface area contributed by atoms with Crippen LogP contribution in [0.2, 0.25) is 0 Å².